The number of aromatic nitrogens is 5. The molecule has 0 saturated heterocycles. The van der Waals surface area contributed by atoms with Gasteiger partial charge in [-0.1, -0.05) is 0 Å². The minimum Gasteiger partial charge on any atom is -0.464 e. The molecular weight excluding hydrogens is 572 g/mol. The lowest BCUT2D eigenvalue weighted by molar-refractivity contribution is -0.152. The number of nitrogens with zero attached hydrogens (tertiary/aromatic N) is 4. The van der Waals surface area contributed by atoms with E-state index in [1.165, 1.54) is 21.1 Å². The molecule has 5 rings (SSSR count). The summed E-state index contributed by atoms with van der Waals surface area (Å²) >= 11 is 0. The molecule has 232 valence electrons. The van der Waals surface area contributed by atoms with Crippen LogP contribution in [0.3, 0.4) is 0 Å². The van der Waals surface area contributed by atoms with Gasteiger partial charge in [0.2, 0.25) is 5.78 Å². The minimum absolute atomic E-state index is 0.338. The van der Waals surface area contributed by atoms with E-state index in [2.05, 4.69) is 29.2 Å². The van der Waals surface area contributed by atoms with Gasteiger partial charge in [-0.05, 0) is 69.3 Å². The maximum Gasteiger partial charge on any atom is 0.374 e. The van der Waals surface area contributed by atoms with Gasteiger partial charge in [0.05, 0.1) is 27.8 Å². The molecule has 3 N–H and O–H groups in total. The summed E-state index contributed by atoms with van der Waals surface area (Å²) in [5.74, 6) is -2.14. The molecule has 14 heteroatoms. The third-order valence-corrected chi connectivity index (χ3v) is 5.54. The average molecular weight is 607 g/mol. The van der Waals surface area contributed by atoms with E-state index in [1.54, 1.807) is 35.0 Å². The molecule has 0 bridgehead atoms. The molecule has 0 saturated carbocycles. The third-order valence-electron chi connectivity index (χ3n) is 5.54. The van der Waals surface area contributed by atoms with Gasteiger partial charge in [0.25, 0.3) is 0 Å². The number of H-pyrrole nitrogens is 1. The topological polar surface area (TPSA) is 189 Å². The molecule has 0 atom stereocenters. The lowest BCUT2D eigenvalue weighted by Gasteiger charge is -2.04. The molecule has 0 aliphatic heterocycles. The molecule has 0 aromatic carbocycles. The molecule has 0 aliphatic rings. The average Bonchev–Trinajstić information content (AvgIpc) is 3.78. The van der Waals surface area contributed by atoms with Gasteiger partial charge < -0.3 is 29.3 Å². The normalized spacial score (nSPS) is 9.77. The SMILES string of the molecule is COC(=O)C(=O)CC(C)=O.COC(=O)c1cc(C)n2cccc2n1.COC(=O)c1cc(C)nc2cccn12.Nc1ccc[nH]1. The van der Waals surface area contributed by atoms with Crippen molar-refractivity contribution in [1.29, 1.82) is 0 Å². The third kappa shape index (κ3) is 9.94. The number of rotatable bonds is 5. The lowest BCUT2D eigenvalue weighted by Crippen LogP contribution is -2.17. The van der Waals surface area contributed by atoms with Crippen LogP contribution in [0, 0.1) is 13.8 Å². The zero-order valence-electron chi connectivity index (χ0n) is 25.2. The summed E-state index contributed by atoms with van der Waals surface area (Å²) in [6.45, 7) is 5.00. The molecule has 0 unspecified atom stereocenters. The fourth-order valence-electron chi connectivity index (χ4n) is 3.56. The van der Waals surface area contributed by atoms with Crippen LogP contribution >= 0.6 is 0 Å². The summed E-state index contributed by atoms with van der Waals surface area (Å²) in [5, 5.41) is 0. The van der Waals surface area contributed by atoms with E-state index in [9.17, 15) is 24.0 Å². The molecule has 0 spiro atoms. The second kappa shape index (κ2) is 16.6. The smallest absolute Gasteiger partial charge is 0.374 e. The number of aromatic amines is 1. The fraction of sp³-hybridized carbons (Fsp3) is 0.233. The largest absolute Gasteiger partial charge is 0.464 e. The lowest BCUT2D eigenvalue weighted by atomic mass is 10.2. The number of Topliss-reactive ketones (excluding diaryl/α,β-unsaturated/α-hetero) is 2. The van der Waals surface area contributed by atoms with E-state index in [0.717, 1.165) is 35.6 Å². The summed E-state index contributed by atoms with van der Waals surface area (Å²) in [4.78, 5) is 64.9. The van der Waals surface area contributed by atoms with Crippen molar-refractivity contribution in [2.45, 2.75) is 27.2 Å². The number of nitrogens with one attached hydrogen (secondary N) is 1. The Morgan fingerprint density at radius 1 is 0.818 bits per heavy atom. The molecule has 0 amide bonds. The quantitative estimate of drug-likeness (QED) is 0.129. The van der Waals surface area contributed by atoms with Crippen LogP contribution in [0.5, 0.6) is 0 Å². The van der Waals surface area contributed by atoms with Crippen molar-refractivity contribution in [3.8, 4) is 0 Å². The summed E-state index contributed by atoms with van der Waals surface area (Å²) in [5.41, 5.74) is 9.34. The first-order valence-corrected chi connectivity index (χ1v) is 13.0. The Morgan fingerprint density at radius 2 is 1.43 bits per heavy atom. The number of nitrogen functional groups attached to an aromatic ring is 1. The Bertz CT molecular complexity index is 1740. The highest BCUT2D eigenvalue weighted by molar-refractivity contribution is 6.36. The van der Waals surface area contributed by atoms with Crippen molar-refractivity contribution in [2.75, 3.05) is 27.1 Å². The highest BCUT2D eigenvalue weighted by Crippen LogP contribution is 2.10. The molecule has 14 nitrogen and oxygen atoms in total. The number of fused-ring (bicyclic) bond motifs is 2. The molecule has 0 radical (unpaired) electrons. The van der Waals surface area contributed by atoms with Crippen molar-refractivity contribution in [2.24, 2.45) is 0 Å². The number of nitrogens with two attached hydrogens (primary N) is 1. The number of ketones is 2. The highest BCUT2D eigenvalue weighted by Gasteiger charge is 2.15. The summed E-state index contributed by atoms with van der Waals surface area (Å²) < 4.78 is 17.0. The maximum absolute atomic E-state index is 11.4. The van der Waals surface area contributed by atoms with Crippen molar-refractivity contribution >= 4 is 46.6 Å². The minimum atomic E-state index is -0.963. The Balaban J connectivity index is 0.000000213. The summed E-state index contributed by atoms with van der Waals surface area (Å²) in [6, 6.07) is 14.5. The predicted molar refractivity (Wildman–Crippen MR) is 160 cm³/mol. The number of hydrogen-bond acceptors (Lipinski definition) is 11. The molecule has 5 heterocycles. The zero-order valence-corrected chi connectivity index (χ0v) is 25.2. The number of carbonyl (C=O) groups is 5. The number of carbonyl (C=O) groups excluding carboxylic acids is 5. The molecule has 44 heavy (non-hydrogen) atoms. The number of hydrogen-bond donors (Lipinski definition) is 2. The van der Waals surface area contributed by atoms with E-state index >= 15 is 0 Å². The van der Waals surface area contributed by atoms with E-state index in [0.29, 0.717) is 11.4 Å². The van der Waals surface area contributed by atoms with Crippen LogP contribution < -0.4 is 5.73 Å². The van der Waals surface area contributed by atoms with Crippen molar-refractivity contribution < 1.29 is 38.2 Å². The second-order valence-electron chi connectivity index (χ2n) is 8.94. The van der Waals surface area contributed by atoms with Gasteiger partial charge in [0, 0.05) is 30.0 Å². The molecule has 5 aromatic heterocycles. The molecular formula is C30H34N6O8. The zero-order chi connectivity index (χ0) is 32.8. The Labute approximate surface area is 252 Å². The van der Waals surface area contributed by atoms with E-state index in [4.69, 9.17) is 5.73 Å². The van der Waals surface area contributed by atoms with Crippen LogP contribution in [0.25, 0.3) is 11.3 Å². The number of methoxy groups -OCH3 is 3. The highest BCUT2D eigenvalue weighted by atomic mass is 16.5. The number of esters is 3. The summed E-state index contributed by atoms with van der Waals surface area (Å²) in [6.07, 6.45) is 5.11. The Kier molecular flexibility index (Phi) is 13.0. The van der Waals surface area contributed by atoms with Crippen molar-refractivity contribution in [3.05, 3.63) is 89.9 Å². The maximum atomic E-state index is 11.4. The van der Waals surface area contributed by atoms with Crippen LogP contribution in [0.1, 0.15) is 45.7 Å². The van der Waals surface area contributed by atoms with Gasteiger partial charge in [0.15, 0.2) is 5.69 Å². The van der Waals surface area contributed by atoms with E-state index in [-0.39, 0.29) is 18.2 Å². The van der Waals surface area contributed by atoms with Crippen LogP contribution in [-0.2, 0) is 28.6 Å². The number of anilines is 1. The van der Waals surface area contributed by atoms with Gasteiger partial charge in [-0.15, -0.1) is 0 Å². The van der Waals surface area contributed by atoms with Gasteiger partial charge >= 0.3 is 17.9 Å². The Hall–Kier alpha value is -5.79. The first-order chi connectivity index (χ1) is 20.9. The standard InChI is InChI=1S/2C10H10N2O2.C6H8O4.C4H6N2/c1-7-6-8(10(13)14-2)11-9-4-3-5-12(7)9;1-7-6-8(10(13)14-2)12-5-3-4-9(12)11-7;1-4(7)3-5(8)6(9)10-2;5-4-2-1-3-6-4/h2*3-6H,1-2H3;3H2,1-2H3;1-3,6H,5H2. The fourth-order valence-corrected chi connectivity index (χ4v) is 3.56. The van der Waals surface area contributed by atoms with Gasteiger partial charge in [-0.3, -0.25) is 14.0 Å². The molecule has 5 aromatic rings. The van der Waals surface area contributed by atoms with Crippen LogP contribution in [0.2, 0.25) is 0 Å². The van der Waals surface area contributed by atoms with Gasteiger partial charge in [-0.2, -0.15) is 0 Å². The Morgan fingerprint density at radius 3 is 1.93 bits per heavy atom. The van der Waals surface area contributed by atoms with Crippen LogP contribution in [-0.4, -0.2) is 74.6 Å². The summed E-state index contributed by atoms with van der Waals surface area (Å²) in [7, 11) is 3.81. The first kappa shape index (κ1) is 34.4. The molecule has 0 fully saturated rings. The predicted octanol–water partition coefficient (Wildman–Crippen LogP) is 3.16. The number of ether oxygens (including phenoxy) is 3. The van der Waals surface area contributed by atoms with Crippen LogP contribution in [0.15, 0.2) is 67.1 Å². The first-order valence-electron chi connectivity index (χ1n) is 13.0. The monoisotopic (exact) mass is 606 g/mol. The second-order valence-corrected chi connectivity index (χ2v) is 8.94. The van der Waals surface area contributed by atoms with Crippen molar-refractivity contribution in [1.82, 2.24) is 23.8 Å². The molecule has 0 aliphatic carbocycles. The number of aryl methyl sites for hydroxylation is 2. The van der Waals surface area contributed by atoms with Crippen LogP contribution in [0.4, 0.5) is 5.82 Å². The van der Waals surface area contributed by atoms with Gasteiger partial charge in [0.1, 0.15) is 28.6 Å². The van der Waals surface area contributed by atoms with Gasteiger partial charge in [-0.25, -0.2) is 24.4 Å². The van der Waals surface area contributed by atoms with E-state index in [1.807, 2.05) is 54.8 Å². The van der Waals surface area contributed by atoms with E-state index < -0.39 is 17.7 Å². The van der Waals surface area contributed by atoms with Crippen molar-refractivity contribution in [3.63, 3.8) is 0 Å².